The van der Waals surface area contributed by atoms with Crippen molar-refractivity contribution in [1.82, 2.24) is 9.47 Å². The molecule has 30 heavy (non-hydrogen) atoms. The smallest absolute Gasteiger partial charge is 0.293 e. The fourth-order valence-corrected chi connectivity index (χ4v) is 4.37. The molecule has 0 bridgehead atoms. The predicted octanol–water partition coefficient (Wildman–Crippen LogP) is 5.37. The number of benzene rings is 2. The molecule has 0 saturated carbocycles. The van der Waals surface area contributed by atoms with Crippen LogP contribution in [0.1, 0.15) is 31.0 Å². The summed E-state index contributed by atoms with van der Waals surface area (Å²) in [6.45, 7) is 4.03. The topological polar surface area (TPSA) is 85.4 Å². The maximum Gasteiger partial charge on any atom is 0.293 e. The van der Waals surface area contributed by atoms with Crippen LogP contribution >= 0.6 is 11.8 Å². The van der Waals surface area contributed by atoms with Gasteiger partial charge in [0.25, 0.3) is 16.8 Å². The molecule has 1 aliphatic heterocycles. The zero-order valence-corrected chi connectivity index (χ0v) is 17.3. The van der Waals surface area contributed by atoms with E-state index in [0.717, 1.165) is 33.1 Å². The molecule has 7 nitrogen and oxygen atoms in total. The molecule has 0 atom stereocenters. The van der Waals surface area contributed by atoms with Gasteiger partial charge in [-0.15, -0.1) is 0 Å². The summed E-state index contributed by atoms with van der Waals surface area (Å²) in [6, 6.07) is 14.3. The van der Waals surface area contributed by atoms with E-state index in [0.29, 0.717) is 10.5 Å². The van der Waals surface area contributed by atoms with Crippen LogP contribution < -0.4 is 0 Å². The first-order valence-corrected chi connectivity index (χ1v) is 10.3. The van der Waals surface area contributed by atoms with Crippen molar-refractivity contribution in [1.29, 1.82) is 0 Å². The molecule has 1 aromatic heterocycles. The Kier molecular flexibility index (Phi) is 5.17. The van der Waals surface area contributed by atoms with Gasteiger partial charge in [0.05, 0.1) is 16.4 Å². The normalized spacial score (nSPS) is 15.7. The van der Waals surface area contributed by atoms with E-state index in [-0.39, 0.29) is 18.3 Å². The second kappa shape index (κ2) is 7.79. The monoisotopic (exact) mass is 421 g/mol. The van der Waals surface area contributed by atoms with E-state index in [1.807, 2.05) is 30.5 Å². The highest BCUT2D eigenvalue weighted by molar-refractivity contribution is 8.18. The van der Waals surface area contributed by atoms with Crippen LogP contribution in [0, 0.1) is 10.1 Å². The average Bonchev–Trinajstić information content (AvgIpc) is 3.21. The lowest BCUT2D eigenvalue weighted by Gasteiger charge is -2.12. The van der Waals surface area contributed by atoms with Gasteiger partial charge in [0.2, 0.25) is 0 Å². The van der Waals surface area contributed by atoms with Crippen molar-refractivity contribution in [3.63, 3.8) is 0 Å². The number of amides is 2. The largest absolute Gasteiger partial charge is 0.344 e. The second-order valence-electron chi connectivity index (χ2n) is 7.26. The maximum absolute atomic E-state index is 12.9. The van der Waals surface area contributed by atoms with E-state index >= 15 is 0 Å². The van der Waals surface area contributed by atoms with Crippen LogP contribution in [0.25, 0.3) is 17.0 Å². The van der Waals surface area contributed by atoms with Gasteiger partial charge in [0.1, 0.15) is 0 Å². The van der Waals surface area contributed by atoms with Gasteiger partial charge < -0.3 is 4.57 Å². The van der Waals surface area contributed by atoms with Crippen molar-refractivity contribution in [2.24, 2.45) is 0 Å². The lowest BCUT2D eigenvalue weighted by atomic mass is 10.1. The third-order valence-corrected chi connectivity index (χ3v) is 5.91. The summed E-state index contributed by atoms with van der Waals surface area (Å²) in [5.41, 5.74) is 2.12. The molecule has 152 valence electrons. The minimum Gasteiger partial charge on any atom is -0.344 e. The van der Waals surface area contributed by atoms with Gasteiger partial charge in [-0.1, -0.05) is 36.4 Å². The van der Waals surface area contributed by atoms with E-state index in [1.54, 1.807) is 24.3 Å². The van der Waals surface area contributed by atoms with Gasteiger partial charge in [-0.2, -0.15) is 0 Å². The number of nitro benzene ring substituents is 1. The van der Waals surface area contributed by atoms with Crippen molar-refractivity contribution >= 4 is 45.6 Å². The van der Waals surface area contributed by atoms with Crippen LogP contribution in [0.15, 0.2) is 59.6 Å². The SMILES string of the molecule is CC(C)n1cc(/C=C2/SC(=O)N(Cc3ccccc3[N+](=O)[O-])C2=O)c2ccccc21. The highest BCUT2D eigenvalue weighted by Crippen LogP contribution is 2.36. The Bertz CT molecular complexity index is 1210. The lowest BCUT2D eigenvalue weighted by Crippen LogP contribution is -2.27. The number of para-hydroxylation sites is 2. The molecule has 2 heterocycles. The molecule has 3 aromatic rings. The Morgan fingerprint density at radius 1 is 1.10 bits per heavy atom. The molecule has 0 spiro atoms. The molecule has 4 rings (SSSR count). The molecular weight excluding hydrogens is 402 g/mol. The summed E-state index contributed by atoms with van der Waals surface area (Å²) in [4.78, 5) is 37.5. The first-order chi connectivity index (χ1) is 14.4. The van der Waals surface area contributed by atoms with Crippen molar-refractivity contribution in [2.45, 2.75) is 26.4 Å². The zero-order chi connectivity index (χ0) is 21.4. The number of hydrogen-bond acceptors (Lipinski definition) is 5. The predicted molar refractivity (Wildman–Crippen MR) is 117 cm³/mol. The highest BCUT2D eigenvalue weighted by atomic mass is 32.2. The van der Waals surface area contributed by atoms with Crippen LogP contribution in [-0.4, -0.2) is 25.5 Å². The molecular formula is C22H19N3O4S. The van der Waals surface area contributed by atoms with Crippen LogP contribution in [0.2, 0.25) is 0 Å². The van der Waals surface area contributed by atoms with Gasteiger partial charge in [-0.3, -0.25) is 24.6 Å². The number of carbonyl (C=O) groups excluding carboxylic acids is 2. The third kappa shape index (κ3) is 3.50. The number of carbonyl (C=O) groups is 2. The number of nitro groups is 1. The standard InChI is InChI=1S/C22H19N3O4S/c1-14(2)23-13-16(17-8-4-6-10-19(17)23)11-20-21(26)24(22(27)30-20)12-15-7-3-5-9-18(15)25(28)29/h3-11,13-14H,12H2,1-2H3/b20-11+. The van der Waals surface area contributed by atoms with Crippen LogP contribution in [-0.2, 0) is 11.3 Å². The van der Waals surface area contributed by atoms with Crippen LogP contribution in [0.3, 0.4) is 0 Å². The number of nitrogens with zero attached hydrogens (tertiary/aromatic N) is 3. The third-order valence-electron chi connectivity index (χ3n) is 5.00. The zero-order valence-electron chi connectivity index (χ0n) is 16.4. The fourth-order valence-electron chi connectivity index (χ4n) is 3.54. The summed E-state index contributed by atoms with van der Waals surface area (Å²) >= 11 is 0.856. The number of imide groups is 1. The molecule has 2 aromatic carbocycles. The van der Waals surface area contributed by atoms with E-state index in [9.17, 15) is 19.7 Å². The number of aromatic nitrogens is 1. The molecule has 8 heteroatoms. The van der Waals surface area contributed by atoms with Crippen molar-refractivity contribution < 1.29 is 14.5 Å². The first-order valence-electron chi connectivity index (χ1n) is 9.44. The summed E-state index contributed by atoms with van der Waals surface area (Å²) in [5.74, 6) is -0.440. The Hall–Kier alpha value is -3.39. The average molecular weight is 421 g/mol. The molecule has 2 amide bonds. The van der Waals surface area contributed by atoms with Gasteiger partial charge >= 0.3 is 0 Å². The van der Waals surface area contributed by atoms with Crippen molar-refractivity contribution in [3.05, 3.63) is 80.9 Å². The van der Waals surface area contributed by atoms with E-state index in [4.69, 9.17) is 0 Å². The van der Waals surface area contributed by atoms with Gasteiger partial charge in [0, 0.05) is 40.3 Å². The van der Waals surface area contributed by atoms with Gasteiger partial charge in [0.15, 0.2) is 0 Å². The minimum absolute atomic E-state index is 0.111. The fraction of sp³-hybridized carbons (Fsp3) is 0.182. The van der Waals surface area contributed by atoms with E-state index in [2.05, 4.69) is 18.4 Å². The first kappa shape index (κ1) is 19.9. The number of hydrogen-bond donors (Lipinski definition) is 0. The Morgan fingerprint density at radius 3 is 2.53 bits per heavy atom. The Morgan fingerprint density at radius 2 is 1.80 bits per heavy atom. The van der Waals surface area contributed by atoms with Crippen molar-refractivity contribution in [2.75, 3.05) is 0 Å². The summed E-state index contributed by atoms with van der Waals surface area (Å²) in [7, 11) is 0. The summed E-state index contributed by atoms with van der Waals surface area (Å²) < 4.78 is 2.12. The van der Waals surface area contributed by atoms with E-state index in [1.165, 1.54) is 6.07 Å². The minimum atomic E-state index is -0.509. The Labute approximate surface area is 177 Å². The number of fused-ring (bicyclic) bond motifs is 1. The van der Waals surface area contributed by atoms with Gasteiger partial charge in [-0.05, 0) is 37.8 Å². The van der Waals surface area contributed by atoms with Crippen molar-refractivity contribution in [3.8, 4) is 0 Å². The molecule has 0 N–H and O–H groups in total. The molecule has 0 aliphatic carbocycles. The van der Waals surface area contributed by atoms with Crippen LogP contribution in [0.5, 0.6) is 0 Å². The van der Waals surface area contributed by atoms with Gasteiger partial charge in [-0.25, -0.2) is 0 Å². The summed E-state index contributed by atoms with van der Waals surface area (Å²) in [6.07, 6.45) is 3.71. The van der Waals surface area contributed by atoms with Crippen LogP contribution in [0.4, 0.5) is 10.5 Å². The molecule has 1 saturated heterocycles. The number of thioether (sulfide) groups is 1. The Balaban J connectivity index is 1.68. The summed E-state index contributed by atoms with van der Waals surface area (Å²) in [5, 5.41) is 11.8. The lowest BCUT2D eigenvalue weighted by molar-refractivity contribution is -0.385. The molecule has 0 radical (unpaired) electrons. The highest BCUT2D eigenvalue weighted by Gasteiger charge is 2.36. The number of rotatable bonds is 5. The quantitative estimate of drug-likeness (QED) is 0.314. The molecule has 1 fully saturated rings. The second-order valence-corrected chi connectivity index (χ2v) is 8.25. The molecule has 0 unspecified atom stereocenters. The maximum atomic E-state index is 12.9. The molecule has 1 aliphatic rings. The van der Waals surface area contributed by atoms with E-state index < -0.39 is 16.1 Å².